The van der Waals surface area contributed by atoms with Gasteiger partial charge in [0.05, 0.1) is 25.3 Å². The van der Waals surface area contributed by atoms with Gasteiger partial charge in [0, 0.05) is 20.5 Å². The Bertz CT molecular complexity index is 1010. The van der Waals surface area contributed by atoms with Crippen LogP contribution in [0.15, 0.2) is 24.3 Å². The van der Waals surface area contributed by atoms with Crippen molar-refractivity contribution in [1.29, 1.82) is 0 Å². The van der Waals surface area contributed by atoms with Crippen LogP contribution in [0.4, 0.5) is 11.4 Å². The van der Waals surface area contributed by atoms with Gasteiger partial charge in [0.25, 0.3) is 0 Å². The quantitative estimate of drug-likeness (QED) is 0.248. The molecule has 0 aliphatic rings. The number of ether oxygens (including phenoxy) is 2. The first-order chi connectivity index (χ1) is 14.5. The van der Waals surface area contributed by atoms with Crippen molar-refractivity contribution in [3.8, 4) is 12.3 Å². The zero-order valence-corrected chi connectivity index (χ0v) is 20.9. The fourth-order valence-corrected chi connectivity index (χ4v) is 3.95. The van der Waals surface area contributed by atoms with Gasteiger partial charge < -0.3 is 20.9 Å². The van der Waals surface area contributed by atoms with Crippen LogP contribution >= 0.6 is 22.6 Å². The smallest absolute Gasteiger partial charge is 0.339 e. The molecular formula is C24H29IN2O4. The highest BCUT2D eigenvalue weighted by Crippen LogP contribution is 2.27. The Morgan fingerprint density at radius 3 is 1.68 bits per heavy atom. The van der Waals surface area contributed by atoms with E-state index < -0.39 is 5.97 Å². The molecule has 0 aromatic heterocycles. The Kier molecular flexibility index (Phi) is 9.85. The molecule has 0 fully saturated rings. The first-order valence-corrected chi connectivity index (χ1v) is 10.7. The molecule has 0 radical (unpaired) electrons. The molecule has 0 saturated carbocycles. The molecule has 0 aliphatic heterocycles. The number of halogens is 1. The Labute approximate surface area is 197 Å². The minimum absolute atomic E-state index is 0.264. The van der Waals surface area contributed by atoms with Gasteiger partial charge in [-0.15, -0.1) is 6.42 Å². The predicted molar refractivity (Wildman–Crippen MR) is 133 cm³/mol. The number of carbonyl (C=O) groups is 2. The van der Waals surface area contributed by atoms with Crippen LogP contribution in [-0.4, -0.2) is 26.2 Å². The molecule has 2 aromatic carbocycles. The van der Waals surface area contributed by atoms with Crippen molar-refractivity contribution in [2.75, 3.05) is 25.7 Å². The highest BCUT2D eigenvalue weighted by Gasteiger charge is 2.16. The molecule has 0 atom stereocenters. The van der Waals surface area contributed by atoms with Gasteiger partial charge >= 0.3 is 11.9 Å². The van der Waals surface area contributed by atoms with E-state index in [2.05, 4.69) is 51.8 Å². The third kappa shape index (κ3) is 6.62. The molecule has 7 heteroatoms. The number of terminal acetylenes is 1. The maximum absolute atomic E-state index is 11.4. The molecule has 2 rings (SSSR count). The van der Waals surface area contributed by atoms with Crippen molar-refractivity contribution in [2.45, 2.75) is 39.5 Å². The lowest BCUT2D eigenvalue weighted by Crippen LogP contribution is -2.08. The normalized spacial score (nSPS) is 10.2. The number of carbonyl (C=O) groups excluding carboxylic acids is 2. The third-order valence-corrected chi connectivity index (χ3v) is 5.53. The number of hydrogen-bond acceptors (Lipinski definition) is 6. The van der Waals surface area contributed by atoms with E-state index in [9.17, 15) is 9.59 Å². The van der Waals surface area contributed by atoms with E-state index in [-0.39, 0.29) is 11.9 Å². The minimum atomic E-state index is -0.468. The van der Waals surface area contributed by atoms with E-state index in [1.54, 1.807) is 18.2 Å². The zero-order valence-electron chi connectivity index (χ0n) is 18.7. The van der Waals surface area contributed by atoms with Gasteiger partial charge in [-0.3, -0.25) is 0 Å². The van der Waals surface area contributed by atoms with Gasteiger partial charge in [-0.1, -0.05) is 33.6 Å². The molecule has 0 bridgehead atoms. The molecule has 0 spiro atoms. The number of esters is 2. The number of benzene rings is 2. The Morgan fingerprint density at radius 1 is 0.871 bits per heavy atom. The lowest BCUT2D eigenvalue weighted by Gasteiger charge is -2.12. The standard InChI is InChI=1S/C13H15NO2.C11H14INO2/c1-5-9-6-11(13(15)16-4)12(14)7-10(9)8(2)3;1-6(2)7-5-10(13)8(4-9(7)12)11(14)15-3/h1,6-8H,14H2,2-4H3;4-6H,13H2,1-3H3. The van der Waals surface area contributed by atoms with Crippen LogP contribution in [-0.2, 0) is 9.47 Å². The summed E-state index contributed by atoms with van der Waals surface area (Å²) in [6.07, 6.45) is 5.41. The molecule has 0 unspecified atom stereocenters. The average Bonchev–Trinajstić information content (AvgIpc) is 2.73. The molecule has 2 aromatic rings. The first kappa shape index (κ1) is 26.3. The maximum Gasteiger partial charge on any atom is 0.339 e. The van der Waals surface area contributed by atoms with E-state index in [0.717, 1.165) is 14.7 Å². The number of nitrogens with two attached hydrogens (primary N) is 2. The average molecular weight is 536 g/mol. The summed E-state index contributed by atoms with van der Waals surface area (Å²) in [5.41, 5.74) is 16.0. The van der Waals surface area contributed by atoms with Crippen molar-refractivity contribution >= 4 is 45.9 Å². The molecule has 0 aliphatic carbocycles. The van der Waals surface area contributed by atoms with E-state index in [4.69, 9.17) is 17.9 Å². The van der Waals surface area contributed by atoms with Crippen LogP contribution in [0.2, 0.25) is 0 Å². The van der Waals surface area contributed by atoms with Gasteiger partial charge in [0.1, 0.15) is 0 Å². The Hall–Kier alpha value is -2.73. The summed E-state index contributed by atoms with van der Waals surface area (Å²) in [6.45, 7) is 8.23. The second-order valence-electron chi connectivity index (χ2n) is 7.42. The minimum Gasteiger partial charge on any atom is -0.465 e. The summed E-state index contributed by atoms with van der Waals surface area (Å²) in [7, 11) is 2.67. The maximum atomic E-state index is 11.4. The number of hydrogen-bond donors (Lipinski definition) is 2. The van der Waals surface area contributed by atoms with E-state index in [0.29, 0.717) is 34.0 Å². The summed E-state index contributed by atoms with van der Waals surface area (Å²) in [6, 6.07) is 6.97. The number of methoxy groups -OCH3 is 2. The van der Waals surface area contributed by atoms with Crippen LogP contribution in [0.1, 0.15) is 76.9 Å². The Morgan fingerprint density at radius 2 is 1.29 bits per heavy atom. The van der Waals surface area contributed by atoms with Crippen molar-refractivity contribution in [1.82, 2.24) is 0 Å². The molecule has 6 nitrogen and oxygen atoms in total. The number of rotatable bonds is 4. The molecule has 0 amide bonds. The highest BCUT2D eigenvalue weighted by atomic mass is 127. The summed E-state index contributed by atoms with van der Waals surface area (Å²) in [5.74, 6) is 2.36. The Balaban J connectivity index is 0.000000311. The second-order valence-corrected chi connectivity index (χ2v) is 8.59. The summed E-state index contributed by atoms with van der Waals surface area (Å²) in [4.78, 5) is 22.8. The van der Waals surface area contributed by atoms with Crippen molar-refractivity contribution < 1.29 is 19.1 Å². The zero-order chi connectivity index (χ0) is 23.9. The summed E-state index contributed by atoms with van der Waals surface area (Å²) >= 11 is 2.20. The van der Waals surface area contributed by atoms with Gasteiger partial charge in [-0.25, -0.2) is 9.59 Å². The fraction of sp³-hybridized carbons (Fsp3) is 0.333. The monoisotopic (exact) mass is 536 g/mol. The van der Waals surface area contributed by atoms with Crippen LogP contribution in [0.5, 0.6) is 0 Å². The van der Waals surface area contributed by atoms with Crippen LogP contribution in [0.25, 0.3) is 0 Å². The van der Waals surface area contributed by atoms with E-state index in [1.165, 1.54) is 14.2 Å². The largest absolute Gasteiger partial charge is 0.465 e. The van der Waals surface area contributed by atoms with Crippen molar-refractivity contribution in [2.24, 2.45) is 0 Å². The van der Waals surface area contributed by atoms with Crippen LogP contribution in [0, 0.1) is 15.9 Å². The number of anilines is 2. The van der Waals surface area contributed by atoms with Gasteiger partial charge in [-0.2, -0.15) is 0 Å². The lowest BCUT2D eigenvalue weighted by atomic mass is 9.94. The van der Waals surface area contributed by atoms with E-state index in [1.807, 2.05) is 19.9 Å². The topological polar surface area (TPSA) is 105 Å². The molecule has 0 heterocycles. The van der Waals surface area contributed by atoms with Crippen LogP contribution < -0.4 is 11.5 Å². The van der Waals surface area contributed by atoms with E-state index >= 15 is 0 Å². The van der Waals surface area contributed by atoms with Crippen LogP contribution in [0.3, 0.4) is 0 Å². The SMILES string of the molecule is C#Cc1cc(C(=O)OC)c(N)cc1C(C)C.COC(=O)c1cc(I)c(C(C)C)cc1N. The fourth-order valence-electron chi connectivity index (χ4n) is 2.86. The first-order valence-electron chi connectivity index (χ1n) is 9.63. The molecule has 166 valence electrons. The summed E-state index contributed by atoms with van der Waals surface area (Å²) in [5, 5.41) is 0. The molecule has 31 heavy (non-hydrogen) atoms. The van der Waals surface area contributed by atoms with Gasteiger partial charge in [0.15, 0.2) is 0 Å². The van der Waals surface area contributed by atoms with Gasteiger partial charge in [-0.05, 0) is 69.8 Å². The molecule has 0 saturated heterocycles. The van der Waals surface area contributed by atoms with Crippen molar-refractivity contribution in [3.63, 3.8) is 0 Å². The second kappa shape index (κ2) is 11.6. The molecular weight excluding hydrogens is 507 g/mol. The van der Waals surface area contributed by atoms with Gasteiger partial charge in [0.2, 0.25) is 0 Å². The predicted octanol–water partition coefficient (Wildman–Crippen LogP) is 4.94. The molecule has 4 N–H and O–H groups in total. The third-order valence-electron chi connectivity index (χ3n) is 4.60. The van der Waals surface area contributed by atoms with Crippen molar-refractivity contribution in [3.05, 3.63) is 55.7 Å². The highest BCUT2D eigenvalue weighted by molar-refractivity contribution is 14.1. The lowest BCUT2D eigenvalue weighted by molar-refractivity contribution is 0.0593. The summed E-state index contributed by atoms with van der Waals surface area (Å²) < 4.78 is 10.3. The number of nitrogen functional groups attached to an aromatic ring is 2.